The number of benzene rings is 1. The van der Waals surface area contributed by atoms with Crippen molar-refractivity contribution >= 4 is 10.0 Å². The monoisotopic (exact) mass is 300 g/mol. The van der Waals surface area contributed by atoms with Crippen LogP contribution in [0, 0.1) is 6.92 Å². The molecule has 1 aromatic carbocycles. The normalized spacial score (nSPS) is 11.8. The summed E-state index contributed by atoms with van der Waals surface area (Å²) >= 11 is 0. The lowest BCUT2D eigenvalue weighted by Gasteiger charge is -2.10. The Bertz CT molecular complexity index is 515. The Kier molecular flexibility index (Phi) is 7.15. The molecule has 0 fully saturated rings. The van der Waals surface area contributed by atoms with E-state index >= 15 is 0 Å². The van der Waals surface area contributed by atoms with Crippen molar-refractivity contribution in [2.45, 2.75) is 31.2 Å². The highest BCUT2D eigenvalue weighted by Gasteiger charge is 2.14. The SMILES string of the molecule is CNCc1cc(S(=O)(=O)NCCCCOC)ccc1C. The van der Waals surface area contributed by atoms with Crippen LogP contribution >= 0.6 is 0 Å². The molecule has 0 radical (unpaired) electrons. The van der Waals surface area contributed by atoms with Crippen LogP contribution in [0.1, 0.15) is 24.0 Å². The maximum Gasteiger partial charge on any atom is 0.240 e. The van der Waals surface area contributed by atoms with Gasteiger partial charge in [-0.05, 0) is 50.1 Å². The standard InChI is InChI=1S/C14H24N2O3S/c1-12-6-7-14(10-13(12)11-15-2)20(17,18)16-8-4-5-9-19-3/h6-7,10,15-16H,4-5,8-9,11H2,1-3H3. The molecule has 0 heterocycles. The molecule has 5 nitrogen and oxygen atoms in total. The third-order valence-corrected chi connectivity index (χ3v) is 4.52. The molecule has 20 heavy (non-hydrogen) atoms. The molecule has 0 aliphatic heterocycles. The fraction of sp³-hybridized carbons (Fsp3) is 0.571. The Morgan fingerprint density at radius 3 is 2.65 bits per heavy atom. The molecule has 0 atom stereocenters. The molecule has 0 unspecified atom stereocenters. The third kappa shape index (κ3) is 5.20. The first kappa shape index (κ1) is 17.1. The summed E-state index contributed by atoms with van der Waals surface area (Å²) in [5, 5.41) is 3.04. The molecule has 0 saturated heterocycles. The Balaban J connectivity index is 2.69. The van der Waals surface area contributed by atoms with E-state index in [1.54, 1.807) is 19.2 Å². The maximum atomic E-state index is 12.2. The van der Waals surface area contributed by atoms with Crippen LogP contribution in [-0.2, 0) is 21.3 Å². The van der Waals surface area contributed by atoms with Gasteiger partial charge in [0.1, 0.15) is 0 Å². The van der Waals surface area contributed by atoms with E-state index in [1.165, 1.54) is 0 Å². The van der Waals surface area contributed by atoms with E-state index in [-0.39, 0.29) is 0 Å². The fourth-order valence-electron chi connectivity index (χ4n) is 1.86. The molecular formula is C14H24N2O3S. The van der Waals surface area contributed by atoms with Crippen LogP contribution in [0.4, 0.5) is 0 Å². The predicted octanol–water partition coefficient (Wildman–Crippen LogP) is 1.42. The molecule has 0 saturated carbocycles. The first-order valence-corrected chi connectivity index (χ1v) is 8.22. The summed E-state index contributed by atoms with van der Waals surface area (Å²) in [5.74, 6) is 0. The lowest BCUT2D eigenvalue weighted by atomic mass is 10.1. The highest BCUT2D eigenvalue weighted by molar-refractivity contribution is 7.89. The second-order valence-electron chi connectivity index (χ2n) is 4.72. The summed E-state index contributed by atoms with van der Waals surface area (Å²) in [6, 6.07) is 5.21. The molecule has 0 aliphatic rings. The summed E-state index contributed by atoms with van der Waals surface area (Å²) in [7, 11) is 0.0570. The quantitative estimate of drug-likeness (QED) is 0.677. The van der Waals surface area contributed by atoms with Crippen molar-refractivity contribution in [2.75, 3.05) is 27.3 Å². The number of nitrogens with one attached hydrogen (secondary N) is 2. The molecule has 1 rings (SSSR count). The molecule has 6 heteroatoms. The van der Waals surface area contributed by atoms with Gasteiger partial charge in [-0.3, -0.25) is 0 Å². The Morgan fingerprint density at radius 1 is 1.25 bits per heavy atom. The molecule has 1 aromatic rings. The number of unbranched alkanes of at least 4 members (excludes halogenated alkanes) is 1. The number of hydrogen-bond donors (Lipinski definition) is 2. The predicted molar refractivity (Wildman–Crippen MR) is 80.2 cm³/mol. The van der Waals surface area contributed by atoms with Crippen molar-refractivity contribution in [1.82, 2.24) is 10.0 Å². The summed E-state index contributed by atoms with van der Waals surface area (Å²) in [5.41, 5.74) is 2.08. The number of methoxy groups -OCH3 is 1. The van der Waals surface area contributed by atoms with E-state index in [4.69, 9.17) is 4.74 Å². The van der Waals surface area contributed by atoms with Crippen LogP contribution in [0.2, 0.25) is 0 Å². The zero-order chi connectivity index (χ0) is 15.0. The van der Waals surface area contributed by atoms with Crippen LogP contribution in [0.5, 0.6) is 0 Å². The third-order valence-electron chi connectivity index (χ3n) is 3.07. The van der Waals surface area contributed by atoms with E-state index in [9.17, 15) is 8.42 Å². The number of rotatable bonds is 9. The minimum atomic E-state index is -3.42. The van der Waals surface area contributed by atoms with Gasteiger partial charge < -0.3 is 10.1 Å². The van der Waals surface area contributed by atoms with Gasteiger partial charge in [0.15, 0.2) is 0 Å². The molecular weight excluding hydrogens is 276 g/mol. The molecule has 0 aromatic heterocycles. The second kappa shape index (κ2) is 8.36. The van der Waals surface area contributed by atoms with Crippen LogP contribution in [-0.4, -0.2) is 35.7 Å². The smallest absolute Gasteiger partial charge is 0.240 e. The van der Waals surface area contributed by atoms with Crippen molar-refractivity contribution < 1.29 is 13.2 Å². The van der Waals surface area contributed by atoms with E-state index in [0.29, 0.717) is 24.6 Å². The first-order valence-electron chi connectivity index (χ1n) is 6.74. The number of hydrogen-bond acceptors (Lipinski definition) is 4. The van der Waals surface area contributed by atoms with Crippen LogP contribution in [0.15, 0.2) is 23.1 Å². The molecule has 0 spiro atoms. The summed E-state index contributed by atoms with van der Waals surface area (Å²) in [6.07, 6.45) is 1.61. The Hall–Kier alpha value is -0.950. The summed E-state index contributed by atoms with van der Waals surface area (Å²) in [4.78, 5) is 0.320. The first-order chi connectivity index (χ1) is 9.51. The van der Waals surface area contributed by atoms with Gasteiger partial charge in [0.25, 0.3) is 0 Å². The van der Waals surface area contributed by atoms with Crippen LogP contribution in [0.3, 0.4) is 0 Å². The van der Waals surface area contributed by atoms with Crippen molar-refractivity contribution in [3.63, 3.8) is 0 Å². The van der Waals surface area contributed by atoms with Gasteiger partial charge in [0.05, 0.1) is 4.90 Å². The van der Waals surface area contributed by atoms with E-state index in [2.05, 4.69) is 10.0 Å². The van der Waals surface area contributed by atoms with E-state index in [0.717, 1.165) is 24.0 Å². The number of aryl methyl sites for hydroxylation is 1. The topological polar surface area (TPSA) is 67.4 Å². The van der Waals surface area contributed by atoms with Gasteiger partial charge >= 0.3 is 0 Å². The fourth-order valence-corrected chi connectivity index (χ4v) is 2.98. The van der Waals surface area contributed by atoms with E-state index in [1.807, 2.05) is 20.0 Å². The van der Waals surface area contributed by atoms with Gasteiger partial charge in [-0.15, -0.1) is 0 Å². The average molecular weight is 300 g/mol. The summed E-state index contributed by atoms with van der Waals surface area (Å²) in [6.45, 7) is 3.71. The zero-order valence-electron chi connectivity index (χ0n) is 12.4. The lowest BCUT2D eigenvalue weighted by Crippen LogP contribution is -2.25. The van der Waals surface area contributed by atoms with Gasteiger partial charge in [-0.25, -0.2) is 13.1 Å². The van der Waals surface area contributed by atoms with Crippen molar-refractivity contribution in [3.05, 3.63) is 29.3 Å². The second-order valence-corrected chi connectivity index (χ2v) is 6.48. The van der Waals surface area contributed by atoms with E-state index < -0.39 is 10.0 Å². The Labute approximate surface area is 121 Å². The van der Waals surface area contributed by atoms with Crippen molar-refractivity contribution in [3.8, 4) is 0 Å². The minimum Gasteiger partial charge on any atom is -0.385 e. The molecule has 114 valence electrons. The van der Waals surface area contributed by atoms with Gasteiger partial charge in [0.2, 0.25) is 10.0 Å². The lowest BCUT2D eigenvalue weighted by molar-refractivity contribution is 0.193. The number of ether oxygens (including phenoxy) is 1. The van der Waals surface area contributed by atoms with Gasteiger partial charge in [-0.2, -0.15) is 0 Å². The van der Waals surface area contributed by atoms with Gasteiger partial charge in [-0.1, -0.05) is 6.07 Å². The largest absolute Gasteiger partial charge is 0.385 e. The maximum absolute atomic E-state index is 12.2. The molecule has 0 bridgehead atoms. The van der Waals surface area contributed by atoms with Crippen molar-refractivity contribution in [1.29, 1.82) is 0 Å². The van der Waals surface area contributed by atoms with Crippen LogP contribution in [0.25, 0.3) is 0 Å². The molecule has 2 N–H and O–H groups in total. The highest BCUT2D eigenvalue weighted by atomic mass is 32.2. The van der Waals surface area contributed by atoms with Crippen LogP contribution < -0.4 is 10.0 Å². The molecule has 0 aliphatic carbocycles. The zero-order valence-corrected chi connectivity index (χ0v) is 13.2. The summed E-state index contributed by atoms with van der Waals surface area (Å²) < 4.78 is 31.9. The molecule has 0 amide bonds. The van der Waals surface area contributed by atoms with Crippen molar-refractivity contribution in [2.24, 2.45) is 0 Å². The Morgan fingerprint density at radius 2 is 2.00 bits per heavy atom. The van der Waals surface area contributed by atoms with Gasteiger partial charge in [0, 0.05) is 26.8 Å². The minimum absolute atomic E-state index is 0.320. The number of sulfonamides is 1. The average Bonchev–Trinajstić information content (AvgIpc) is 2.41. The highest BCUT2D eigenvalue weighted by Crippen LogP contribution is 2.15.